The van der Waals surface area contributed by atoms with Gasteiger partial charge in [0.25, 0.3) is 0 Å². The van der Waals surface area contributed by atoms with Crippen molar-refractivity contribution in [2.75, 3.05) is 26.7 Å². The Morgan fingerprint density at radius 3 is 3.00 bits per heavy atom. The van der Waals surface area contributed by atoms with E-state index in [-0.39, 0.29) is 6.61 Å². The number of rotatable bonds is 6. The van der Waals surface area contributed by atoms with Gasteiger partial charge in [-0.05, 0) is 37.6 Å². The molecule has 1 heterocycles. The number of hydrogen-bond acceptors (Lipinski definition) is 4. The van der Waals surface area contributed by atoms with E-state index in [0.717, 1.165) is 37.0 Å². The Labute approximate surface area is 105 Å². The third kappa shape index (κ3) is 3.21. The molecular formula is C13H18N2O3. The SMILES string of the molecule is CN(CCCO)CCc1ccc2[nH]c(=O)oc2c1. The van der Waals surface area contributed by atoms with Crippen LogP contribution in [0.25, 0.3) is 11.1 Å². The van der Waals surface area contributed by atoms with Crippen LogP contribution in [0.2, 0.25) is 0 Å². The lowest BCUT2D eigenvalue weighted by molar-refractivity contribution is 0.248. The molecule has 0 bridgehead atoms. The van der Waals surface area contributed by atoms with Crippen LogP contribution in [-0.2, 0) is 6.42 Å². The lowest BCUT2D eigenvalue weighted by Gasteiger charge is -2.15. The molecule has 0 spiro atoms. The van der Waals surface area contributed by atoms with Gasteiger partial charge in [0.2, 0.25) is 0 Å². The Kier molecular flexibility index (Phi) is 4.17. The summed E-state index contributed by atoms with van der Waals surface area (Å²) >= 11 is 0. The monoisotopic (exact) mass is 250 g/mol. The minimum Gasteiger partial charge on any atom is -0.408 e. The van der Waals surface area contributed by atoms with Crippen LogP contribution in [0.5, 0.6) is 0 Å². The maximum Gasteiger partial charge on any atom is 0.417 e. The predicted octanol–water partition coefficient (Wildman–Crippen LogP) is 0.978. The van der Waals surface area contributed by atoms with Crippen molar-refractivity contribution in [2.24, 2.45) is 0 Å². The van der Waals surface area contributed by atoms with E-state index in [1.54, 1.807) is 0 Å². The van der Waals surface area contributed by atoms with Gasteiger partial charge in [0, 0.05) is 19.7 Å². The van der Waals surface area contributed by atoms with Crippen molar-refractivity contribution in [2.45, 2.75) is 12.8 Å². The third-order valence-electron chi connectivity index (χ3n) is 2.97. The highest BCUT2D eigenvalue weighted by atomic mass is 16.4. The molecule has 2 rings (SSSR count). The normalized spacial score (nSPS) is 11.5. The zero-order valence-electron chi connectivity index (χ0n) is 10.5. The largest absolute Gasteiger partial charge is 0.417 e. The molecule has 0 saturated heterocycles. The van der Waals surface area contributed by atoms with E-state index in [1.807, 2.05) is 25.2 Å². The number of oxazole rings is 1. The number of nitrogens with zero attached hydrogens (tertiary/aromatic N) is 1. The summed E-state index contributed by atoms with van der Waals surface area (Å²) in [5, 5.41) is 8.75. The molecule has 18 heavy (non-hydrogen) atoms. The fourth-order valence-electron chi connectivity index (χ4n) is 1.92. The summed E-state index contributed by atoms with van der Waals surface area (Å²) in [6.45, 7) is 2.03. The van der Waals surface area contributed by atoms with Crippen molar-refractivity contribution in [3.63, 3.8) is 0 Å². The highest BCUT2D eigenvalue weighted by molar-refractivity contribution is 5.72. The van der Waals surface area contributed by atoms with Crippen LogP contribution < -0.4 is 5.76 Å². The lowest BCUT2D eigenvalue weighted by Crippen LogP contribution is -2.23. The first-order valence-electron chi connectivity index (χ1n) is 6.10. The van der Waals surface area contributed by atoms with Gasteiger partial charge in [0.05, 0.1) is 5.52 Å². The first-order chi connectivity index (χ1) is 8.69. The molecule has 0 aliphatic carbocycles. The highest BCUT2D eigenvalue weighted by Gasteiger charge is 2.03. The number of aliphatic hydroxyl groups excluding tert-OH is 1. The van der Waals surface area contributed by atoms with Gasteiger partial charge in [-0.15, -0.1) is 0 Å². The van der Waals surface area contributed by atoms with Crippen LogP contribution in [0.15, 0.2) is 27.4 Å². The van der Waals surface area contributed by atoms with Crippen molar-refractivity contribution >= 4 is 11.1 Å². The molecule has 5 nitrogen and oxygen atoms in total. The zero-order chi connectivity index (χ0) is 13.0. The minimum atomic E-state index is -0.415. The molecular weight excluding hydrogens is 232 g/mol. The van der Waals surface area contributed by atoms with Gasteiger partial charge in [-0.3, -0.25) is 4.98 Å². The Morgan fingerprint density at radius 2 is 2.22 bits per heavy atom. The van der Waals surface area contributed by atoms with E-state index in [2.05, 4.69) is 9.88 Å². The van der Waals surface area contributed by atoms with Crippen LogP contribution in [0, 0.1) is 0 Å². The summed E-state index contributed by atoms with van der Waals surface area (Å²) in [7, 11) is 2.03. The number of benzene rings is 1. The predicted molar refractivity (Wildman–Crippen MR) is 69.7 cm³/mol. The Bertz CT molecular complexity index is 559. The van der Waals surface area contributed by atoms with Crippen molar-refractivity contribution in [3.8, 4) is 0 Å². The van der Waals surface area contributed by atoms with Crippen molar-refractivity contribution < 1.29 is 9.52 Å². The average molecular weight is 250 g/mol. The quantitative estimate of drug-likeness (QED) is 0.801. The Morgan fingerprint density at radius 1 is 1.39 bits per heavy atom. The van der Waals surface area contributed by atoms with Crippen LogP contribution >= 0.6 is 0 Å². The molecule has 2 N–H and O–H groups in total. The molecule has 1 aromatic carbocycles. The number of aromatic amines is 1. The number of likely N-dealkylation sites (N-methyl/N-ethyl adjacent to an activating group) is 1. The van der Waals surface area contributed by atoms with E-state index in [1.165, 1.54) is 0 Å². The smallest absolute Gasteiger partial charge is 0.408 e. The minimum absolute atomic E-state index is 0.227. The molecule has 0 fully saturated rings. The van der Waals surface area contributed by atoms with E-state index < -0.39 is 5.76 Å². The first kappa shape index (κ1) is 12.9. The van der Waals surface area contributed by atoms with Crippen LogP contribution in [0.3, 0.4) is 0 Å². The third-order valence-corrected chi connectivity index (χ3v) is 2.97. The zero-order valence-corrected chi connectivity index (χ0v) is 10.5. The van der Waals surface area contributed by atoms with Crippen LogP contribution in [0.4, 0.5) is 0 Å². The molecule has 0 radical (unpaired) electrons. The molecule has 0 unspecified atom stereocenters. The maximum absolute atomic E-state index is 11.0. The van der Waals surface area contributed by atoms with Gasteiger partial charge in [-0.1, -0.05) is 6.07 Å². The van der Waals surface area contributed by atoms with E-state index >= 15 is 0 Å². The summed E-state index contributed by atoms with van der Waals surface area (Å²) < 4.78 is 5.02. The van der Waals surface area contributed by atoms with Gasteiger partial charge in [-0.25, -0.2) is 4.79 Å². The van der Waals surface area contributed by atoms with Gasteiger partial charge < -0.3 is 14.4 Å². The number of H-pyrrole nitrogens is 1. The standard InChI is InChI=1S/C13H18N2O3/c1-15(6-2-8-16)7-5-10-3-4-11-12(9-10)18-13(17)14-11/h3-4,9,16H,2,5-8H2,1H3,(H,14,17). The van der Waals surface area contributed by atoms with Crippen molar-refractivity contribution in [3.05, 3.63) is 34.3 Å². The molecule has 98 valence electrons. The summed E-state index contributed by atoms with van der Waals surface area (Å²) in [6.07, 6.45) is 1.69. The molecule has 0 atom stereocenters. The summed E-state index contributed by atoms with van der Waals surface area (Å²) in [5.41, 5.74) is 2.48. The van der Waals surface area contributed by atoms with Gasteiger partial charge in [-0.2, -0.15) is 0 Å². The Hall–Kier alpha value is -1.59. The number of nitrogens with one attached hydrogen (secondary N) is 1. The second-order valence-electron chi connectivity index (χ2n) is 4.48. The second kappa shape index (κ2) is 5.84. The van der Waals surface area contributed by atoms with Gasteiger partial charge in [0.1, 0.15) is 0 Å². The molecule has 0 aliphatic rings. The molecule has 1 aromatic heterocycles. The first-order valence-corrected chi connectivity index (χ1v) is 6.10. The molecule has 0 amide bonds. The number of fused-ring (bicyclic) bond motifs is 1. The lowest BCUT2D eigenvalue weighted by atomic mass is 10.1. The molecule has 5 heteroatoms. The summed E-state index contributed by atoms with van der Waals surface area (Å²) in [6, 6.07) is 5.75. The fourth-order valence-corrected chi connectivity index (χ4v) is 1.92. The van der Waals surface area contributed by atoms with Crippen LogP contribution in [0.1, 0.15) is 12.0 Å². The van der Waals surface area contributed by atoms with Crippen LogP contribution in [-0.4, -0.2) is 41.7 Å². The summed E-state index contributed by atoms with van der Waals surface area (Å²) in [5.74, 6) is -0.415. The van der Waals surface area contributed by atoms with E-state index in [0.29, 0.717) is 5.58 Å². The second-order valence-corrected chi connectivity index (χ2v) is 4.48. The topological polar surface area (TPSA) is 69.5 Å². The highest BCUT2D eigenvalue weighted by Crippen LogP contribution is 2.12. The van der Waals surface area contributed by atoms with Gasteiger partial charge in [0.15, 0.2) is 5.58 Å². The summed E-state index contributed by atoms with van der Waals surface area (Å²) in [4.78, 5) is 15.8. The molecule has 0 saturated carbocycles. The van der Waals surface area contributed by atoms with E-state index in [4.69, 9.17) is 9.52 Å². The number of aliphatic hydroxyl groups is 1. The number of aromatic nitrogens is 1. The average Bonchev–Trinajstić information content (AvgIpc) is 2.73. The molecule has 2 aromatic rings. The van der Waals surface area contributed by atoms with Crippen molar-refractivity contribution in [1.29, 1.82) is 0 Å². The fraction of sp³-hybridized carbons (Fsp3) is 0.462. The van der Waals surface area contributed by atoms with Gasteiger partial charge >= 0.3 is 5.76 Å². The Balaban J connectivity index is 1.97. The number of hydrogen-bond donors (Lipinski definition) is 2. The maximum atomic E-state index is 11.0. The molecule has 0 aliphatic heterocycles. The van der Waals surface area contributed by atoms with E-state index in [9.17, 15) is 4.79 Å². The van der Waals surface area contributed by atoms with Crippen molar-refractivity contribution in [1.82, 2.24) is 9.88 Å².